The van der Waals surface area contributed by atoms with E-state index in [0.717, 1.165) is 16.4 Å². The van der Waals surface area contributed by atoms with Crippen LogP contribution in [0.3, 0.4) is 0 Å². The van der Waals surface area contributed by atoms with Crippen LogP contribution >= 0.6 is 22.6 Å². The first kappa shape index (κ1) is 16.5. The monoisotopic (exact) mass is 413 g/mol. The van der Waals surface area contributed by atoms with Gasteiger partial charge in [0.2, 0.25) is 0 Å². The molecular weight excluding hydrogens is 397 g/mol. The van der Waals surface area contributed by atoms with Gasteiger partial charge in [0, 0.05) is 9.26 Å². The van der Waals surface area contributed by atoms with Gasteiger partial charge in [-0.15, -0.1) is 0 Å². The number of hydrogen-bond acceptors (Lipinski definition) is 5. The van der Waals surface area contributed by atoms with Crippen LogP contribution < -0.4 is 11.1 Å². The number of nitrogens with zero attached hydrogens (tertiary/aromatic N) is 1. The highest BCUT2D eigenvalue weighted by Crippen LogP contribution is 2.28. The molecule has 7 heteroatoms. The van der Waals surface area contributed by atoms with E-state index in [1.54, 1.807) is 18.2 Å². The van der Waals surface area contributed by atoms with Crippen molar-refractivity contribution in [2.75, 3.05) is 12.3 Å². The lowest BCUT2D eigenvalue weighted by molar-refractivity contribution is -0.125. The summed E-state index contributed by atoms with van der Waals surface area (Å²) in [6, 6.07) is 7.14. The van der Waals surface area contributed by atoms with E-state index in [2.05, 4.69) is 34.0 Å². The van der Waals surface area contributed by atoms with E-state index in [-0.39, 0.29) is 5.56 Å². The number of amides is 1. The van der Waals surface area contributed by atoms with E-state index in [1.165, 1.54) is 0 Å². The molecule has 1 aliphatic carbocycles. The van der Waals surface area contributed by atoms with Gasteiger partial charge in [0.25, 0.3) is 5.91 Å². The van der Waals surface area contributed by atoms with E-state index in [4.69, 9.17) is 10.5 Å². The Kier molecular flexibility index (Phi) is 5.24. The Hall–Kier alpha value is -1.82. The summed E-state index contributed by atoms with van der Waals surface area (Å²) in [4.78, 5) is 23.8. The molecule has 2 rings (SSSR count). The average Bonchev–Trinajstić information content (AvgIpc) is 2.96. The van der Waals surface area contributed by atoms with Crippen molar-refractivity contribution in [1.29, 1.82) is 5.26 Å². The van der Waals surface area contributed by atoms with Gasteiger partial charge in [-0.3, -0.25) is 4.79 Å². The zero-order chi connectivity index (χ0) is 16.2. The van der Waals surface area contributed by atoms with Gasteiger partial charge in [-0.2, -0.15) is 5.26 Å². The molecule has 1 saturated carbocycles. The summed E-state index contributed by atoms with van der Waals surface area (Å²) in [5.41, 5.74) is 5.44. The number of esters is 1. The molecule has 0 unspecified atom stereocenters. The fraction of sp³-hybridized carbons (Fsp3) is 0.400. The molecule has 0 atom stereocenters. The van der Waals surface area contributed by atoms with Crippen molar-refractivity contribution in [3.63, 3.8) is 0 Å². The van der Waals surface area contributed by atoms with E-state index in [1.807, 2.05) is 0 Å². The van der Waals surface area contributed by atoms with Crippen molar-refractivity contribution in [2.45, 2.75) is 31.2 Å². The second-order valence-corrected chi connectivity index (χ2v) is 6.50. The lowest BCUT2D eigenvalue weighted by Gasteiger charge is -2.21. The zero-order valence-electron chi connectivity index (χ0n) is 11.9. The summed E-state index contributed by atoms with van der Waals surface area (Å²) in [5, 5.41) is 11.9. The highest BCUT2D eigenvalue weighted by molar-refractivity contribution is 14.1. The van der Waals surface area contributed by atoms with Crippen LogP contribution in [0.25, 0.3) is 0 Å². The van der Waals surface area contributed by atoms with Crippen molar-refractivity contribution in [3.8, 4) is 6.07 Å². The summed E-state index contributed by atoms with van der Waals surface area (Å²) in [6.07, 6.45) is 3.08. The number of benzene rings is 1. The second-order valence-electron chi connectivity index (χ2n) is 5.26. The van der Waals surface area contributed by atoms with Crippen LogP contribution in [0.15, 0.2) is 18.2 Å². The predicted molar refractivity (Wildman–Crippen MR) is 88.8 cm³/mol. The van der Waals surface area contributed by atoms with Gasteiger partial charge in [0.05, 0.1) is 11.6 Å². The Bertz CT molecular complexity index is 633. The van der Waals surface area contributed by atoms with Crippen LogP contribution in [-0.4, -0.2) is 24.0 Å². The number of nitrogens with one attached hydrogen (secondary N) is 1. The number of nitriles is 1. The molecule has 22 heavy (non-hydrogen) atoms. The SMILES string of the molecule is N#CC1(NC(=O)COC(=O)c2cc(I)ccc2N)CCCC1. The number of anilines is 1. The molecule has 0 aliphatic heterocycles. The third kappa shape index (κ3) is 3.88. The molecule has 1 aliphatic rings. The maximum Gasteiger partial charge on any atom is 0.340 e. The normalized spacial score (nSPS) is 15.8. The number of halogens is 1. The quantitative estimate of drug-likeness (QED) is 0.446. The second kappa shape index (κ2) is 6.96. The molecule has 1 aromatic carbocycles. The first-order chi connectivity index (χ1) is 10.5. The lowest BCUT2D eigenvalue weighted by atomic mass is 10.00. The maximum absolute atomic E-state index is 12.0. The molecule has 0 bridgehead atoms. The van der Waals surface area contributed by atoms with E-state index >= 15 is 0 Å². The molecular formula is C15H16IN3O3. The third-order valence-corrected chi connectivity index (χ3v) is 4.29. The van der Waals surface area contributed by atoms with Crippen molar-refractivity contribution in [3.05, 3.63) is 27.3 Å². The van der Waals surface area contributed by atoms with E-state index in [0.29, 0.717) is 18.5 Å². The van der Waals surface area contributed by atoms with Gasteiger partial charge in [-0.05, 0) is 66.5 Å². The summed E-state index contributed by atoms with van der Waals surface area (Å²) in [7, 11) is 0. The Morgan fingerprint density at radius 2 is 2.09 bits per heavy atom. The van der Waals surface area contributed by atoms with Crippen molar-refractivity contribution in [1.82, 2.24) is 5.32 Å². The topological polar surface area (TPSA) is 105 Å². The number of carbonyl (C=O) groups is 2. The minimum atomic E-state index is -0.815. The average molecular weight is 413 g/mol. The first-order valence-corrected chi connectivity index (χ1v) is 7.98. The Morgan fingerprint density at radius 3 is 2.73 bits per heavy atom. The number of hydrogen-bond donors (Lipinski definition) is 2. The molecule has 116 valence electrons. The van der Waals surface area contributed by atoms with Gasteiger partial charge in [-0.25, -0.2) is 4.79 Å². The number of nitrogens with two attached hydrogens (primary N) is 1. The minimum Gasteiger partial charge on any atom is -0.452 e. The molecule has 0 aromatic heterocycles. The van der Waals surface area contributed by atoms with Crippen molar-refractivity contribution >= 4 is 40.2 Å². The molecule has 6 nitrogen and oxygen atoms in total. The predicted octanol–water partition coefficient (Wildman–Crippen LogP) is 1.98. The van der Waals surface area contributed by atoms with Crippen LogP contribution in [0.5, 0.6) is 0 Å². The Balaban J connectivity index is 1.92. The molecule has 0 saturated heterocycles. The molecule has 3 N–H and O–H groups in total. The Labute approximate surface area is 142 Å². The van der Waals surface area contributed by atoms with Crippen LogP contribution in [-0.2, 0) is 9.53 Å². The van der Waals surface area contributed by atoms with Crippen LogP contribution in [0.4, 0.5) is 5.69 Å². The van der Waals surface area contributed by atoms with Gasteiger partial charge < -0.3 is 15.8 Å². The fourth-order valence-electron chi connectivity index (χ4n) is 2.46. The van der Waals surface area contributed by atoms with Crippen molar-refractivity contribution in [2.24, 2.45) is 0 Å². The third-order valence-electron chi connectivity index (χ3n) is 3.62. The molecule has 1 aromatic rings. The number of carbonyl (C=O) groups excluding carboxylic acids is 2. The van der Waals surface area contributed by atoms with Crippen molar-refractivity contribution < 1.29 is 14.3 Å². The van der Waals surface area contributed by atoms with Gasteiger partial charge in [-0.1, -0.05) is 0 Å². The summed E-state index contributed by atoms with van der Waals surface area (Å²) >= 11 is 2.06. The molecule has 0 radical (unpaired) electrons. The molecule has 0 spiro atoms. The summed E-state index contributed by atoms with van der Waals surface area (Å²) in [5.74, 6) is -1.12. The standard InChI is InChI=1S/C15H16IN3O3/c16-10-3-4-12(18)11(7-10)14(21)22-8-13(20)19-15(9-17)5-1-2-6-15/h3-4,7H,1-2,5-6,8,18H2,(H,19,20). The molecule has 1 amide bonds. The molecule has 1 fully saturated rings. The van der Waals surface area contributed by atoms with Gasteiger partial charge >= 0.3 is 5.97 Å². The zero-order valence-corrected chi connectivity index (χ0v) is 14.1. The number of ether oxygens (including phenoxy) is 1. The summed E-state index contributed by atoms with van der Waals surface area (Å²) in [6.45, 7) is -0.423. The largest absolute Gasteiger partial charge is 0.452 e. The molecule has 0 heterocycles. The number of rotatable bonds is 4. The lowest BCUT2D eigenvalue weighted by Crippen LogP contribution is -2.46. The van der Waals surface area contributed by atoms with E-state index < -0.39 is 24.0 Å². The van der Waals surface area contributed by atoms with Gasteiger partial charge in [0.15, 0.2) is 6.61 Å². The van der Waals surface area contributed by atoms with Gasteiger partial charge in [0.1, 0.15) is 5.54 Å². The maximum atomic E-state index is 12.0. The minimum absolute atomic E-state index is 0.232. The highest BCUT2D eigenvalue weighted by Gasteiger charge is 2.35. The first-order valence-electron chi connectivity index (χ1n) is 6.90. The number of nitrogen functional groups attached to an aromatic ring is 1. The van der Waals surface area contributed by atoms with Crippen LogP contribution in [0.2, 0.25) is 0 Å². The summed E-state index contributed by atoms with van der Waals surface area (Å²) < 4.78 is 5.83. The van der Waals surface area contributed by atoms with Crippen LogP contribution in [0.1, 0.15) is 36.0 Å². The Morgan fingerprint density at radius 1 is 1.41 bits per heavy atom. The smallest absolute Gasteiger partial charge is 0.340 e. The highest BCUT2D eigenvalue weighted by atomic mass is 127. The van der Waals surface area contributed by atoms with E-state index in [9.17, 15) is 14.9 Å². The van der Waals surface area contributed by atoms with Crippen LogP contribution in [0, 0.1) is 14.9 Å². The fourth-order valence-corrected chi connectivity index (χ4v) is 2.95.